The Balaban J connectivity index is 2.00. The van der Waals surface area contributed by atoms with Gasteiger partial charge in [-0.1, -0.05) is 29.8 Å². The molecule has 6 heteroatoms. The molecule has 0 aliphatic carbocycles. The van der Waals surface area contributed by atoms with Crippen LogP contribution in [0.25, 0.3) is 0 Å². The molecule has 3 rings (SSSR count). The summed E-state index contributed by atoms with van der Waals surface area (Å²) in [5.74, 6) is -1.91. The Kier molecular flexibility index (Phi) is 2.99. The number of rotatable bonds is 2. The number of nitrogens with one attached hydrogen (secondary N) is 1. The van der Waals surface area contributed by atoms with Crippen LogP contribution in [0.5, 0.6) is 0 Å². The maximum absolute atomic E-state index is 12.4. The van der Waals surface area contributed by atoms with Crippen LogP contribution in [-0.2, 0) is 4.79 Å². The maximum atomic E-state index is 12.4. The molecule has 1 aromatic heterocycles. The third-order valence-corrected chi connectivity index (χ3v) is 3.61. The Morgan fingerprint density at radius 3 is 2.75 bits per heavy atom. The minimum absolute atomic E-state index is 0.129. The molecule has 102 valence electrons. The molecule has 1 amide bonds. The first-order chi connectivity index (χ1) is 9.58. The van der Waals surface area contributed by atoms with E-state index in [9.17, 15) is 14.7 Å². The lowest BCUT2D eigenvalue weighted by molar-refractivity contribution is -0.138. The van der Waals surface area contributed by atoms with E-state index in [1.807, 2.05) is 0 Å². The van der Waals surface area contributed by atoms with E-state index < -0.39 is 11.9 Å². The highest BCUT2D eigenvalue weighted by Gasteiger charge is 2.36. The van der Waals surface area contributed by atoms with Gasteiger partial charge in [0.05, 0.1) is 5.02 Å². The number of hydrogen-bond donors (Lipinski definition) is 2. The number of carbonyl (C=O) groups excluding carboxylic acids is 1. The van der Waals surface area contributed by atoms with Crippen LogP contribution in [0, 0.1) is 0 Å². The van der Waals surface area contributed by atoms with Crippen molar-refractivity contribution in [2.24, 2.45) is 0 Å². The van der Waals surface area contributed by atoms with Gasteiger partial charge in [-0.25, -0.2) is 0 Å². The number of fused-ring (bicyclic) bond motifs is 1. The topological polar surface area (TPSA) is 73.4 Å². The number of anilines is 1. The van der Waals surface area contributed by atoms with Crippen molar-refractivity contribution in [3.05, 3.63) is 52.8 Å². The van der Waals surface area contributed by atoms with Crippen LogP contribution in [0.4, 0.5) is 5.69 Å². The molecule has 0 unspecified atom stereocenters. The molecule has 5 nitrogen and oxygen atoms in total. The lowest BCUT2D eigenvalue weighted by atomic mass is 10.0. The summed E-state index contributed by atoms with van der Waals surface area (Å²) >= 11 is 5.79. The number of aromatic nitrogens is 1. The van der Waals surface area contributed by atoms with Gasteiger partial charge in [-0.3, -0.25) is 9.59 Å². The molecule has 20 heavy (non-hydrogen) atoms. The lowest BCUT2D eigenvalue weighted by Gasteiger charge is -2.16. The van der Waals surface area contributed by atoms with E-state index in [1.54, 1.807) is 24.3 Å². The third-order valence-electron chi connectivity index (χ3n) is 3.39. The van der Waals surface area contributed by atoms with Crippen molar-refractivity contribution >= 4 is 29.2 Å². The average Bonchev–Trinajstić information content (AvgIpc) is 3.02. The van der Waals surface area contributed by atoms with Crippen LogP contribution in [0.1, 0.15) is 22.0 Å². The number of aromatic amines is 1. The third kappa shape index (κ3) is 1.96. The Labute approximate surface area is 119 Å². The van der Waals surface area contributed by atoms with Crippen molar-refractivity contribution in [2.75, 3.05) is 11.4 Å². The molecule has 0 saturated heterocycles. The first kappa shape index (κ1) is 12.7. The minimum Gasteiger partial charge on any atom is -0.481 e. The SMILES string of the molecule is O=C(O)[C@@H]1CN(C(=O)c2cc(Cl)c[nH]2)c2ccccc21. The molecule has 0 saturated carbocycles. The van der Waals surface area contributed by atoms with Gasteiger partial charge in [-0.15, -0.1) is 0 Å². The molecule has 1 aliphatic rings. The predicted octanol–water partition coefficient (Wildman–Crippen LogP) is 2.50. The first-order valence-corrected chi connectivity index (χ1v) is 6.43. The fourth-order valence-electron chi connectivity index (χ4n) is 2.45. The predicted molar refractivity (Wildman–Crippen MR) is 74.3 cm³/mol. The summed E-state index contributed by atoms with van der Waals surface area (Å²) in [4.78, 5) is 28.0. The normalized spacial score (nSPS) is 17.1. The van der Waals surface area contributed by atoms with E-state index in [0.717, 1.165) is 0 Å². The Hall–Kier alpha value is -2.27. The molecular formula is C14H11ClN2O3. The van der Waals surface area contributed by atoms with Crippen molar-refractivity contribution in [3.63, 3.8) is 0 Å². The smallest absolute Gasteiger partial charge is 0.312 e. The van der Waals surface area contributed by atoms with E-state index in [0.29, 0.717) is 22.0 Å². The molecule has 2 aromatic rings. The highest BCUT2D eigenvalue weighted by atomic mass is 35.5. The van der Waals surface area contributed by atoms with Crippen LogP contribution in [0.2, 0.25) is 5.02 Å². The van der Waals surface area contributed by atoms with Gasteiger partial charge in [0.15, 0.2) is 0 Å². The second kappa shape index (κ2) is 4.68. The number of halogens is 1. The summed E-state index contributed by atoms with van der Waals surface area (Å²) in [6.45, 7) is 0.129. The van der Waals surface area contributed by atoms with Crippen LogP contribution in [0.3, 0.4) is 0 Å². The standard InChI is InChI=1S/C14H11ClN2O3/c15-8-5-11(16-6-8)13(18)17-7-10(14(19)20)9-3-1-2-4-12(9)17/h1-6,10,16H,7H2,(H,19,20)/t10-/m1/s1. The average molecular weight is 291 g/mol. The monoisotopic (exact) mass is 290 g/mol. The molecule has 0 radical (unpaired) electrons. The summed E-state index contributed by atoms with van der Waals surface area (Å²) in [5, 5.41) is 9.71. The van der Waals surface area contributed by atoms with Crippen LogP contribution in [0.15, 0.2) is 36.5 Å². The highest BCUT2D eigenvalue weighted by molar-refractivity contribution is 6.31. The van der Waals surface area contributed by atoms with Crippen molar-refractivity contribution in [1.82, 2.24) is 4.98 Å². The Morgan fingerprint density at radius 2 is 2.10 bits per heavy atom. The van der Waals surface area contributed by atoms with Gasteiger partial charge >= 0.3 is 5.97 Å². The molecular weight excluding hydrogens is 280 g/mol. The molecule has 0 bridgehead atoms. The minimum atomic E-state index is -0.933. The zero-order valence-corrected chi connectivity index (χ0v) is 11.1. The summed E-state index contributed by atoms with van der Waals surface area (Å²) in [6.07, 6.45) is 1.52. The van der Waals surface area contributed by atoms with E-state index in [1.165, 1.54) is 17.2 Å². The van der Waals surface area contributed by atoms with Crippen molar-refractivity contribution in [3.8, 4) is 0 Å². The van der Waals surface area contributed by atoms with Gasteiger partial charge in [-0.2, -0.15) is 0 Å². The van der Waals surface area contributed by atoms with Gasteiger partial charge in [-0.05, 0) is 17.7 Å². The van der Waals surface area contributed by atoms with E-state index in [4.69, 9.17) is 11.6 Å². The fraction of sp³-hybridized carbons (Fsp3) is 0.143. The molecule has 2 N–H and O–H groups in total. The van der Waals surface area contributed by atoms with Crippen molar-refractivity contribution in [1.29, 1.82) is 0 Å². The van der Waals surface area contributed by atoms with Gasteiger partial charge in [0, 0.05) is 18.4 Å². The van der Waals surface area contributed by atoms with Gasteiger partial charge in [0.25, 0.3) is 5.91 Å². The number of hydrogen-bond acceptors (Lipinski definition) is 2. The quantitative estimate of drug-likeness (QED) is 0.892. The van der Waals surface area contributed by atoms with Gasteiger partial charge in [0.1, 0.15) is 11.6 Å². The summed E-state index contributed by atoms with van der Waals surface area (Å²) in [6, 6.07) is 8.57. The second-order valence-electron chi connectivity index (χ2n) is 4.60. The molecule has 1 aromatic carbocycles. The van der Waals surface area contributed by atoms with Crippen LogP contribution < -0.4 is 4.90 Å². The zero-order chi connectivity index (χ0) is 14.3. The highest BCUT2D eigenvalue weighted by Crippen LogP contribution is 2.37. The number of para-hydroxylation sites is 1. The number of benzene rings is 1. The number of H-pyrrole nitrogens is 1. The van der Waals surface area contributed by atoms with E-state index >= 15 is 0 Å². The Bertz CT molecular complexity index is 695. The molecule has 0 spiro atoms. The van der Waals surface area contributed by atoms with Crippen LogP contribution >= 0.6 is 11.6 Å². The van der Waals surface area contributed by atoms with Crippen molar-refractivity contribution < 1.29 is 14.7 Å². The number of aliphatic carboxylic acids is 1. The molecule has 1 aliphatic heterocycles. The number of carboxylic acid groups (broad SMARTS) is 1. The second-order valence-corrected chi connectivity index (χ2v) is 5.03. The van der Waals surface area contributed by atoms with Gasteiger partial charge in [0.2, 0.25) is 0 Å². The molecule has 0 fully saturated rings. The molecule has 1 atom stereocenters. The zero-order valence-electron chi connectivity index (χ0n) is 10.3. The van der Waals surface area contributed by atoms with Crippen LogP contribution in [-0.4, -0.2) is 28.5 Å². The van der Waals surface area contributed by atoms with E-state index in [-0.39, 0.29) is 12.5 Å². The summed E-state index contributed by atoms with van der Waals surface area (Å²) in [5.41, 5.74) is 1.64. The number of carbonyl (C=O) groups is 2. The number of carboxylic acids is 1. The number of amides is 1. The number of nitrogens with zero attached hydrogens (tertiary/aromatic N) is 1. The molecule has 2 heterocycles. The van der Waals surface area contributed by atoms with Gasteiger partial charge < -0.3 is 15.0 Å². The van der Waals surface area contributed by atoms with Crippen molar-refractivity contribution in [2.45, 2.75) is 5.92 Å². The lowest BCUT2D eigenvalue weighted by Crippen LogP contribution is -2.31. The Morgan fingerprint density at radius 1 is 1.35 bits per heavy atom. The first-order valence-electron chi connectivity index (χ1n) is 6.05. The van der Waals surface area contributed by atoms with E-state index in [2.05, 4.69) is 4.98 Å². The largest absolute Gasteiger partial charge is 0.481 e. The summed E-state index contributed by atoms with van der Waals surface area (Å²) < 4.78 is 0. The maximum Gasteiger partial charge on any atom is 0.312 e. The fourth-order valence-corrected chi connectivity index (χ4v) is 2.61. The summed E-state index contributed by atoms with van der Waals surface area (Å²) in [7, 11) is 0.